The van der Waals surface area contributed by atoms with Gasteiger partial charge in [0.1, 0.15) is 0 Å². The van der Waals surface area contributed by atoms with Crippen LogP contribution in [-0.2, 0) is 9.59 Å². The summed E-state index contributed by atoms with van der Waals surface area (Å²) in [5.74, 6) is 1.18. The predicted molar refractivity (Wildman–Crippen MR) is 94.5 cm³/mol. The number of rotatable bonds is 4. The summed E-state index contributed by atoms with van der Waals surface area (Å²) in [4.78, 5) is 31.3. The van der Waals surface area contributed by atoms with Gasteiger partial charge >= 0.3 is 0 Å². The van der Waals surface area contributed by atoms with E-state index < -0.39 is 0 Å². The molecule has 1 unspecified atom stereocenters. The molecule has 3 fully saturated rings. The lowest BCUT2D eigenvalue weighted by molar-refractivity contribution is -0.138. The van der Waals surface area contributed by atoms with Gasteiger partial charge in [-0.15, -0.1) is 0 Å². The molecular formula is C19H33N3O2. The number of likely N-dealkylation sites (tertiary alicyclic amines) is 2. The van der Waals surface area contributed by atoms with E-state index in [1.807, 2.05) is 11.9 Å². The number of amides is 2. The molecular weight excluding hydrogens is 302 g/mol. The largest absolute Gasteiger partial charge is 0.343 e. The molecule has 0 radical (unpaired) electrons. The molecule has 3 rings (SSSR count). The van der Waals surface area contributed by atoms with Crippen LogP contribution in [0.15, 0.2) is 0 Å². The van der Waals surface area contributed by atoms with Gasteiger partial charge in [0.05, 0.1) is 5.92 Å². The Hall–Kier alpha value is -1.10. The van der Waals surface area contributed by atoms with E-state index >= 15 is 0 Å². The highest BCUT2D eigenvalue weighted by molar-refractivity contribution is 5.81. The molecule has 0 aromatic rings. The lowest BCUT2D eigenvalue weighted by atomic mass is 9.92. The Kier molecular flexibility index (Phi) is 5.48. The fourth-order valence-electron chi connectivity index (χ4n) is 4.12. The summed E-state index contributed by atoms with van der Waals surface area (Å²) in [7, 11) is 1.92. The van der Waals surface area contributed by atoms with Gasteiger partial charge in [-0.1, -0.05) is 0 Å². The molecule has 1 saturated carbocycles. The van der Waals surface area contributed by atoms with E-state index in [2.05, 4.69) is 23.6 Å². The van der Waals surface area contributed by atoms with Crippen molar-refractivity contribution >= 4 is 11.8 Å². The first kappa shape index (κ1) is 17.7. The van der Waals surface area contributed by atoms with Crippen LogP contribution >= 0.6 is 0 Å². The molecule has 0 aromatic carbocycles. The molecule has 0 spiro atoms. The number of hydrogen-bond donors (Lipinski definition) is 0. The van der Waals surface area contributed by atoms with Crippen LogP contribution in [-0.4, -0.2) is 71.8 Å². The average molecular weight is 335 g/mol. The molecule has 1 aliphatic carbocycles. The molecule has 0 N–H and O–H groups in total. The standard InChI is InChI=1S/C19H33N3O2/c1-14(2)20(3)18(23)16-5-4-10-22(13-16)17-8-11-21(12-9-17)19(24)15-6-7-15/h14-17H,4-13H2,1-3H3. The topological polar surface area (TPSA) is 43.9 Å². The Morgan fingerprint density at radius 3 is 2.21 bits per heavy atom. The third-order valence-electron chi connectivity index (χ3n) is 6.14. The first-order chi connectivity index (χ1) is 11.5. The minimum absolute atomic E-state index is 0.150. The first-order valence-corrected chi connectivity index (χ1v) is 9.77. The van der Waals surface area contributed by atoms with Crippen LogP contribution in [0.25, 0.3) is 0 Å². The van der Waals surface area contributed by atoms with E-state index in [9.17, 15) is 9.59 Å². The van der Waals surface area contributed by atoms with Gasteiger partial charge in [0.15, 0.2) is 0 Å². The molecule has 2 aliphatic heterocycles. The van der Waals surface area contributed by atoms with Crippen molar-refractivity contribution in [1.82, 2.24) is 14.7 Å². The quantitative estimate of drug-likeness (QED) is 0.789. The van der Waals surface area contributed by atoms with Crippen molar-refractivity contribution in [3.8, 4) is 0 Å². The summed E-state index contributed by atoms with van der Waals surface area (Å²) < 4.78 is 0. The highest BCUT2D eigenvalue weighted by Gasteiger charge is 2.37. The lowest BCUT2D eigenvalue weighted by Crippen LogP contribution is -2.52. The Morgan fingerprint density at radius 2 is 1.62 bits per heavy atom. The third-order valence-corrected chi connectivity index (χ3v) is 6.14. The van der Waals surface area contributed by atoms with Gasteiger partial charge in [0.25, 0.3) is 0 Å². The van der Waals surface area contributed by atoms with Crippen LogP contribution in [0.3, 0.4) is 0 Å². The minimum Gasteiger partial charge on any atom is -0.343 e. The van der Waals surface area contributed by atoms with Gasteiger partial charge in [0.2, 0.25) is 11.8 Å². The maximum atomic E-state index is 12.6. The van der Waals surface area contributed by atoms with Gasteiger partial charge in [0, 0.05) is 44.7 Å². The zero-order chi connectivity index (χ0) is 17.3. The average Bonchev–Trinajstić information content (AvgIpc) is 3.45. The zero-order valence-electron chi connectivity index (χ0n) is 15.5. The molecule has 3 aliphatic rings. The first-order valence-electron chi connectivity index (χ1n) is 9.77. The smallest absolute Gasteiger partial charge is 0.226 e. The normalized spacial score (nSPS) is 26.7. The van der Waals surface area contributed by atoms with Crippen LogP contribution in [0.5, 0.6) is 0 Å². The maximum absolute atomic E-state index is 12.6. The molecule has 5 heteroatoms. The second kappa shape index (κ2) is 7.42. The summed E-state index contributed by atoms with van der Waals surface area (Å²) in [6, 6.07) is 0.817. The molecule has 136 valence electrons. The van der Waals surface area contributed by atoms with E-state index in [0.29, 0.717) is 23.8 Å². The molecule has 2 heterocycles. The predicted octanol–water partition coefficient (Wildman–Crippen LogP) is 1.97. The number of hydrogen-bond acceptors (Lipinski definition) is 3. The second-order valence-electron chi connectivity index (χ2n) is 8.21. The van der Waals surface area contributed by atoms with E-state index in [1.165, 1.54) is 0 Å². The molecule has 0 bridgehead atoms. The van der Waals surface area contributed by atoms with E-state index in [-0.39, 0.29) is 12.0 Å². The molecule has 1 atom stereocenters. The Labute approximate surface area is 146 Å². The summed E-state index contributed by atoms with van der Waals surface area (Å²) in [5.41, 5.74) is 0. The van der Waals surface area contributed by atoms with Gasteiger partial charge in [-0.3, -0.25) is 14.5 Å². The summed E-state index contributed by atoms with van der Waals surface area (Å²) in [5, 5.41) is 0. The fraction of sp³-hybridized carbons (Fsp3) is 0.895. The Balaban J connectivity index is 1.50. The second-order valence-corrected chi connectivity index (χ2v) is 8.21. The SMILES string of the molecule is CC(C)N(C)C(=O)C1CCCN(C2CCN(C(=O)C3CC3)CC2)C1. The van der Waals surface area contributed by atoms with Crippen molar-refractivity contribution in [3.63, 3.8) is 0 Å². The van der Waals surface area contributed by atoms with Gasteiger partial charge in [-0.2, -0.15) is 0 Å². The van der Waals surface area contributed by atoms with Crippen LogP contribution in [0.1, 0.15) is 52.4 Å². The van der Waals surface area contributed by atoms with Crippen LogP contribution in [0.2, 0.25) is 0 Å². The Bertz CT molecular complexity index is 467. The third kappa shape index (κ3) is 3.93. The molecule has 0 aromatic heterocycles. The van der Waals surface area contributed by atoms with Gasteiger partial charge in [-0.05, 0) is 58.9 Å². The lowest BCUT2D eigenvalue weighted by Gasteiger charge is -2.42. The van der Waals surface area contributed by atoms with Crippen LogP contribution in [0, 0.1) is 11.8 Å². The number of piperidine rings is 2. The van der Waals surface area contributed by atoms with E-state index in [0.717, 1.165) is 64.7 Å². The maximum Gasteiger partial charge on any atom is 0.226 e. The van der Waals surface area contributed by atoms with Gasteiger partial charge < -0.3 is 9.80 Å². The van der Waals surface area contributed by atoms with Crippen molar-refractivity contribution in [2.45, 2.75) is 64.5 Å². The number of carbonyl (C=O) groups excluding carboxylic acids is 2. The van der Waals surface area contributed by atoms with E-state index in [1.54, 1.807) is 0 Å². The van der Waals surface area contributed by atoms with Crippen LogP contribution in [0.4, 0.5) is 0 Å². The molecule has 24 heavy (non-hydrogen) atoms. The van der Waals surface area contributed by atoms with E-state index in [4.69, 9.17) is 0 Å². The highest BCUT2D eigenvalue weighted by Crippen LogP contribution is 2.32. The summed E-state index contributed by atoms with van der Waals surface area (Å²) in [6.07, 6.45) is 6.46. The van der Waals surface area contributed by atoms with Crippen molar-refractivity contribution in [2.24, 2.45) is 11.8 Å². The monoisotopic (exact) mass is 335 g/mol. The Morgan fingerprint density at radius 1 is 0.958 bits per heavy atom. The highest BCUT2D eigenvalue weighted by atomic mass is 16.2. The minimum atomic E-state index is 0.150. The molecule has 5 nitrogen and oxygen atoms in total. The molecule has 2 amide bonds. The van der Waals surface area contributed by atoms with Crippen molar-refractivity contribution < 1.29 is 9.59 Å². The van der Waals surface area contributed by atoms with Crippen LogP contribution < -0.4 is 0 Å². The fourth-order valence-corrected chi connectivity index (χ4v) is 4.12. The summed E-state index contributed by atoms with van der Waals surface area (Å²) >= 11 is 0. The number of nitrogens with zero attached hydrogens (tertiary/aromatic N) is 3. The zero-order valence-corrected chi connectivity index (χ0v) is 15.5. The van der Waals surface area contributed by atoms with Crippen molar-refractivity contribution in [1.29, 1.82) is 0 Å². The summed E-state index contributed by atoms with van der Waals surface area (Å²) in [6.45, 7) is 7.96. The molecule has 2 saturated heterocycles. The van der Waals surface area contributed by atoms with Crippen molar-refractivity contribution in [2.75, 3.05) is 33.2 Å². The van der Waals surface area contributed by atoms with Crippen molar-refractivity contribution in [3.05, 3.63) is 0 Å². The van der Waals surface area contributed by atoms with Gasteiger partial charge in [-0.25, -0.2) is 0 Å². The number of carbonyl (C=O) groups is 2.